The van der Waals surface area contributed by atoms with E-state index in [1.165, 1.54) is 5.56 Å². The average Bonchev–Trinajstić information content (AvgIpc) is 3.25. The molecule has 1 aromatic heterocycles. The van der Waals surface area contributed by atoms with Crippen molar-refractivity contribution in [3.63, 3.8) is 0 Å². The molecule has 2 aromatic carbocycles. The number of likely N-dealkylation sites (tertiary alicyclic amines) is 1. The highest BCUT2D eigenvalue weighted by atomic mass is 28.4. The van der Waals surface area contributed by atoms with E-state index in [-0.39, 0.29) is 11.9 Å². The molecule has 3 aromatic rings. The molecule has 0 radical (unpaired) electrons. The number of hydrogen-bond donors (Lipinski definition) is 1. The fourth-order valence-corrected chi connectivity index (χ4v) is 6.08. The molecule has 0 spiro atoms. The minimum atomic E-state index is -2.56. The van der Waals surface area contributed by atoms with Crippen LogP contribution in [0.15, 0.2) is 53.1 Å². The molecule has 1 fully saturated rings. The number of hydrogen-bond acceptors (Lipinski definition) is 5. The first-order valence-corrected chi connectivity index (χ1v) is 15.7. The lowest BCUT2D eigenvalue weighted by molar-refractivity contribution is -0.154. The van der Waals surface area contributed by atoms with Crippen molar-refractivity contribution < 1.29 is 23.5 Å². The first-order chi connectivity index (χ1) is 16.9. The standard InChI is InChI=1S/C29H37NO5Si/c1-29(2,3)35-27(31)12-9-20-7-6-8-22(17-20)21-13-15-30(16-14-21)28(32)23-10-11-25-24(18-23)26(19-34-25)36(4,5)33/h6-8,10-11,17-19,21,33H,9,12-16H2,1-5H3. The predicted octanol–water partition coefficient (Wildman–Crippen LogP) is 5.13. The number of fused-ring (bicyclic) bond motifs is 1. The molecule has 0 unspecified atom stereocenters. The number of benzene rings is 2. The Balaban J connectivity index is 1.37. The number of nitrogens with zero attached hydrogens (tertiary/aromatic N) is 1. The summed E-state index contributed by atoms with van der Waals surface area (Å²) >= 11 is 0. The van der Waals surface area contributed by atoms with E-state index >= 15 is 0 Å². The van der Waals surface area contributed by atoms with Gasteiger partial charge in [-0.15, -0.1) is 0 Å². The van der Waals surface area contributed by atoms with Gasteiger partial charge in [-0.2, -0.15) is 0 Å². The minimum Gasteiger partial charge on any atom is -0.464 e. The Labute approximate surface area is 214 Å². The largest absolute Gasteiger partial charge is 0.464 e. The quantitative estimate of drug-likeness (QED) is 0.370. The predicted molar refractivity (Wildman–Crippen MR) is 144 cm³/mol. The van der Waals surface area contributed by atoms with Crippen molar-refractivity contribution in [2.24, 2.45) is 0 Å². The van der Waals surface area contributed by atoms with Gasteiger partial charge in [0.15, 0.2) is 0 Å². The number of piperidine rings is 1. The Kier molecular flexibility index (Phi) is 7.43. The molecule has 0 bridgehead atoms. The highest BCUT2D eigenvalue weighted by Gasteiger charge is 2.28. The van der Waals surface area contributed by atoms with Gasteiger partial charge in [0.2, 0.25) is 8.32 Å². The van der Waals surface area contributed by atoms with Crippen molar-refractivity contribution >= 4 is 36.3 Å². The van der Waals surface area contributed by atoms with Crippen molar-refractivity contribution in [3.05, 3.63) is 65.4 Å². The maximum atomic E-state index is 13.3. The number of rotatable bonds is 6. The molecule has 192 valence electrons. The molecule has 1 aliphatic heterocycles. The van der Waals surface area contributed by atoms with Gasteiger partial charge >= 0.3 is 5.97 Å². The van der Waals surface area contributed by atoms with Crippen molar-refractivity contribution in [1.29, 1.82) is 0 Å². The lowest BCUT2D eigenvalue weighted by Crippen LogP contribution is -2.41. The molecule has 0 aliphatic carbocycles. The van der Waals surface area contributed by atoms with Crippen LogP contribution in [0.1, 0.15) is 67.4 Å². The summed E-state index contributed by atoms with van der Waals surface area (Å²) < 4.78 is 11.0. The van der Waals surface area contributed by atoms with E-state index in [1.54, 1.807) is 6.26 Å². The van der Waals surface area contributed by atoms with Crippen molar-refractivity contribution in [2.75, 3.05) is 13.1 Å². The Bertz CT molecular complexity index is 1240. The normalized spacial score (nSPS) is 15.3. The Hall–Kier alpha value is -2.90. The van der Waals surface area contributed by atoms with E-state index in [2.05, 4.69) is 24.3 Å². The molecular weight excluding hydrogens is 470 g/mol. The summed E-state index contributed by atoms with van der Waals surface area (Å²) in [5.41, 5.74) is 3.26. The van der Waals surface area contributed by atoms with Gasteiger partial charge in [-0.3, -0.25) is 9.59 Å². The number of aryl methyl sites for hydroxylation is 1. The second kappa shape index (κ2) is 10.2. The first kappa shape index (κ1) is 26.2. The summed E-state index contributed by atoms with van der Waals surface area (Å²) in [5.74, 6) is 0.232. The van der Waals surface area contributed by atoms with Crippen LogP contribution < -0.4 is 5.19 Å². The molecule has 36 heavy (non-hydrogen) atoms. The lowest BCUT2D eigenvalue weighted by Gasteiger charge is -2.32. The number of carbonyl (C=O) groups is 2. The van der Waals surface area contributed by atoms with Crippen LogP contribution in [0.25, 0.3) is 11.0 Å². The number of amides is 1. The summed E-state index contributed by atoms with van der Waals surface area (Å²) in [6.07, 6.45) is 4.45. The van der Waals surface area contributed by atoms with E-state index in [9.17, 15) is 14.4 Å². The van der Waals surface area contributed by atoms with E-state index < -0.39 is 13.9 Å². The molecule has 1 aliphatic rings. The van der Waals surface area contributed by atoms with E-state index in [4.69, 9.17) is 9.15 Å². The topological polar surface area (TPSA) is 80.0 Å². The van der Waals surface area contributed by atoms with E-state index in [0.29, 0.717) is 43.0 Å². The van der Waals surface area contributed by atoms with Gasteiger partial charge in [0.25, 0.3) is 5.91 Å². The van der Waals surface area contributed by atoms with Crippen LogP contribution in [0.5, 0.6) is 0 Å². The zero-order chi connectivity index (χ0) is 26.1. The second-order valence-electron chi connectivity index (χ2n) is 11.3. The molecule has 0 saturated carbocycles. The molecular formula is C29H37NO5Si. The van der Waals surface area contributed by atoms with Crippen LogP contribution >= 0.6 is 0 Å². The minimum absolute atomic E-state index is 0.0195. The van der Waals surface area contributed by atoms with Crippen molar-refractivity contribution in [2.45, 2.75) is 71.1 Å². The molecule has 6 nitrogen and oxygen atoms in total. The number of esters is 1. The summed E-state index contributed by atoms with van der Waals surface area (Å²) in [4.78, 5) is 37.9. The molecule has 1 N–H and O–H groups in total. The Morgan fingerprint density at radius 1 is 1.11 bits per heavy atom. The first-order valence-electron chi connectivity index (χ1n) is 12.7. The zero-order valence-corrected chi connectivity index (χ0v) is 23.0. The molecule has 2 heterocycles. The van der Waals surface area contributed by atoms with Gasteiger partial charge in [0.05, 0.1) is 6.26 Å². The van der Waals surface area contributed by atoms with Crippen LogP contribution in [0.2, 0.25) is 13.1 Å². The third-order valence-corrected chi connectivity index (χ3v) is 8.43. The molecule has 7 heteroatoms. The van der Waals surface area contributed by atoms with Gasteiger partial charge in [0.1, 0.15) is 11.2 Å². The third kappa shape index (κ3) is 6.26. The van der Waals surface area contributed by atoms with Crippen LogP contribution in [-0.4, -0.2) is 48.6 Å². The fourth-order valence-electron chi connectivity index (χ4n) is 4.88. The van der Waals surface area contributed by atoms with Gasteiger partial charge in [-0.05, 0) is 88.4 Å². The van der Waals surface area contributed by atoms with E-state index in [1.807, 2.05) is 57.0 Å². The van der Waals surface area contributed by atoms with Crippen molar-refractivity contribution in [3.8, 4) is 0 Å². The van der Waals surface area contributed by atoms with Crippen LogP contribution in [0, 0.1) is 0 Å². The highest BCUT2D eigenvalue weighted by molar-refractivity contribution is 6.85. The number of carbonyl (C=O) groups excluding carboxylic acids is 2. The van der Waals surface area contributed by atoms with Gasteiger partial charge in [-0.25, -0.2) is 0 Å². The molecule has 0 atom stereocenters. The Morgan fingerprint density at radius 3 is 2.50 bits per heavy atom. The summed E-state index contributed by atoms with van der Waals surface area (Å²) in [6.45, 7) is 10.7. The summed E-state index contributed by atoms with van der Waals surface area (Å²) in [7, 11) is -2.56. The third-order valence-electron chi connectivity index (χ3n) is 6.72. The average molecular weight is 508 g/mol. The smallest absolute Gasteiger partial charge is 0.306 e. The van der Waals surface area contributed by atoms with Gasteiger partial charge in [-0.1, -0.05) is 24.3 Å². The highest BCUT2D eigenvalue weighted by Crippen LogP contribution is 2.30. The van der Waals surface area contributed by atoms with Crippen LogP contribution in [-0.2, 0) is 16.0 Å². The zero-order valence-electron chi connectivity index (χ0n) is 22.0. The second-order valence-corrected chi connectivity index (χ2v) is 15.0. The molecule has 1 saturated heterocycles. The molecule has 1 amide bonds. The van der Waals surface area contributed by atoms with E-state index in [0.717, 1.165) is 29.0 Å². The molecule has 4 rings (SSSR count). The maximum Gasteiger partial charge on any atom is 0.306 e. The SMILES string of the molecule is CC(C)(C)OC(=O)CCc1cccc(C2CCN(C(=O)c3ccc4occ([Si](C)(C)O)c4c3)CC2)c1. The summed E-state index contributed by atoms with van der Waals surface area (Å²) in [5, 5.41) is 1.65. The van der Waals surface area contributed by atoms with Gasteiger partial charge < -0.3 is 18.8 Å². The monoisotopic (exact) mass is 507 g/mol. The van der Waals surface area contributed by atoms with Crippen molar-refractivity contribution in [1.82, 2.24) is 4.90 Å². The number of ether oxygens (including phenoxy) is 1. The maximum absolute atomic E-state index is 13.3. The fraction of sp³-hybridized carbons (Fsp3) is 0.448. The Morgan fingerprint density at radius 2 is 1.83 bits per heavy atom. The van der Waals surface area contributed by atoms with Crippen LogP contribution in [0.3, 0.4) is 0 Å². The number of furan rings is 1. The van der Waals surface area contributed by atoms with Crippen LogP contribution in [0.4, 0.5) is 0 Å². The van der Waals surface area contributed by atoms with Gasteiger partial charge in [0, 0.05) is 35.6 Å². The lowest BCUT2D eigenvalue weighted by atomic mass is 9.88. The summed E-state index contributed by atoms with van der Waals surface area (Å²) in [6, 6.07) is 14.0.